The Hall–Kier alpha value is 0.460. The topological polar surface area (TPSA) is 85.9 Å². The van der Waals surface area contributed by atoms with Gasteiger partial charge in [0.25, 0.3) is 0 Å². The fourth-order valence-electron chi connectivity index (χ4n) is 1.44. The number of ether oxygens (including phenoxy) is 3. The van der Waals surface area contributed by atoms with Gasteiger partial charge in [-0.3, -0.25) is 9.88 Å². The van der Waals surface area contributed by atoms with E-state index in [2.05, 4.69) is 28.7 Å². The van der Waals surface area contributed by atoms with Gasteiger partial charge in [-0.25, -0.2) is 4.79 Å². The third kappa shape index (κ3) is 8.61. The molecule has 0 saturated carbocycles. The summed E-state index contributed by atoms with van der Waals surface area (Å²) in [6.45, 7) is 0. The zero-order valence-corrected chi connectivity index (χ0v) is 16.4. The molecular formula is C10H23N2O5P3S. The molecule has 21 heavy (non-hydrogen) atoms. The largest absolute Gasteiger partial charge is 0.467 e. The van der Waals surface area contributed by atoms with Crippen molar-refractivity contribution in [3.8, 4) is 0 Å². The highest BCUT2D eigenvalue weighted by Crippen LogP contribution is 2.36. The second-order valence-electron chi connectivity index (χ2n) is 3.87. The summed E-state index contributed by atoms with van der Waals surface area (Å²) in [4.78, 5) is 23.9. The Balaban J connectivity index is 4.70. The summed E-state index contributed by atoms with van der Waals surface area (Å²) in [5.41, 5.74) is 0. The van der Waals surface area contributed by atoms with Crippen molar-refractivity contribution in [3.63, 3.8) is 0 Å². The van der Waals surface area contributed by atoms with Crippen LogP contribution < -0.4 is 10.4 Å². The predicted octanol–water partition coefficient (Wildman–Crippen LogP) is 0.518. The van der Waals surface area contributed by atoms with Crippen LogP contribution in [0.1, 0.15) is 6.42 Å². The Morgan fingerprint density at radius 3 is 2.29 bits per heavy atom. The van der Waals surface area contributed by atoms with Crippen LogP contribution in [0.2, 0.25) is 0 Å². The summed E-state index contributed by atoms with van der Waals surface area (Å²) in [6.07, 6.45) is -0.423. The minimum atomic E-state index is -0.822. The summed E-state index contributed by atoms with van der Waals surface area (Å²) in [6, 6.07) is -1.24. The molecule has 2 N–H and O–H groups in total. The number of hydrogen-bond donors (Lipinski definition) is 2. The summed E-state index contributed by atoms with van der Waals surface area (Å²) in [7, 11) is 9.73. The maximum atomic E-state index is 12.2. The van der Waals surface area contributed by atoms with Gasteiger partial charge in [-0.2, -0.15) is 0 Å². The Morgan fingerprint density at radius 2 is 1.86 bits per heavy atom. The van der Waals surface area contributed by atoms with Crippen LogP contribution >= 0.6 is 37.2 Å². The Morgan fingerprint density at radius 1 is 1.24 bits per heavy atom. The number of rotatable bonds is 11. The van der Waals surface area contributed by atoms with Gasteiger partial charge in [0.05, 0.1) is 13.2 Å². The van der Waals surface area contributed by atoms with Crippen LogP contribution in [0.4, 0.5) is 0 Å². The van der Waals surface area contributed by atoms with E-state index in [1.54, 1.807) is 11.4 Å². The van der Waals surface area contributed by atoms with Crippen LogP contribution in [0.3, 0.4) is 0 Å². The highest BCUT2D eigenvalue weighted by atomic mass is 32.9. The monoisotopic (exact) mass is 376 g/mol. The third-order valence-corrected chi connectivity index (χ3v) is 6.18. The highest BCUT2D eigenvalue weighted by molar-refractivity contribution is 8.64. The first-order valence-electron chi connectivity index (χ1n) is 6.01. The first-order chi connectivity index (χ1) is 10.0. The smallest absolute Gasteiger partial charge is 0.328 e. The number of carbonyl (C=O) groups excluding carboxylic acids is 2. The van der Waals surface area contributed by atoms with Crippen LogP contribution in [0, 0.1) is 0 Å². The molecule has 124 valence electrons. The lowest BCUT2D eigenvalue weighted by Gasteiger charge is -2.23. The average molecular weight is 376 g/mol. The van der Waals surface area contributed by atoms with E-state index >= 15 is 0 Å². The first-order valence-corrected chi connectivity index (χ1v) is 11.1. The molecule has 0 aromatic rings. The molecule has 0 aromatic carbocycles. The van der Waals surface area contributed by atoms with Crippen molar-refractivity contribution in [1.29, 1.82) is 0 Å². The molecule has 0 spiro atoms. The van der Waals surface area contributed by atoms with Crippen LogP contribution in [0.15, 0.2) is 0 Å². The van der Waals surface area contributed by atoms with E-state index in [1.165, 1.54) is 21.3 Å². The van der Waals surface area contributed by atoms with Crippen molar-refractivity contribution in [2.75, 3.05) is 27.1 Å². The normalized spacial score (nSPS) is 14.4. The number of methoxy groups -OCH3 is 3. The zero-order chi connectivity index (χ0) is 16.3. The Bertz CT molecular complexity index is 323. The number of amides is 1. The number of esters is 1. The quantitative estimate of drug-likeness (QED) is 0.309. The molecule has 11 heteroatoms. The number of hydrogen-bond acceptors (Lipinski definition) is 7. The Kier molecular flexibility index (Phi) is 13.2. The molecule has 3 unspecified atom stereocenters. The van der Waals surface area contributed by atoms with Gasteiger partial charge in [-0.05, 0) is 7.47 Å². The van der Waals surface area contributed by atoms with Crippen molar-refractivity contribution in [3.05, 3.63) is 0 Å². The standard InChI is InChI=1S/C10H23N2O5P3S/c1-15-8(16-2)4-6(10(14)17-3)11-9(13)7(12-18)5-21-20-19/h6-8,12,20H,4-5,18-19H2,1-3H3,(H,11,13)/t6-,7-/m0/s1. The van der Waals surface area contributed by atoms with Crippen LogP contribution in [0.5, 0.6) is 0 Å². The molecule has 0 radical (unpaired) electrons. The lowest BCUT2D eigenvalue weighted by molar-refractivity contribution is -0.152. The van der Waals surface area contributed by atoms with Gasteiger partial charge in [0, 0.05) is 26.4 Å². The first kappa shape index (κ1) is 21.5. The SMILES string of the molecule is COC(=O)[C@H](CC(OC)OC)NC(=O)[C@H](CSPP)NP. The van der Waals surface area contributed by atoms with Crippen LogP contribution in [-0.2, 0) is 23.8 Å². The number of carbonyl (C=O) groups is 2. The van der Waals surface area contributed by atoms with E-state index in [9.17, 15) is 9.59 Å². The van der Waals surface area contributed by atoms with Crippen molar-refractivity contribution in [2.24, 2.45) is 0 Å². The molecule has 0 aromatic heterocycles. The maximum Gasteiger partial charge on any atom is 0.328 e. The molecule has 0 aliphatic carbocycles. The molecule has 5 atom stereocenters. The van der Waals surface area contributed by atoms with Crippen molar-refractivity contribution in [1.82, 2.24) is 10.4 Å². The van der Waals surface area contributed by atoms with Gasteiger partial charge in [-0.15, -0.1) is 20.3 Å². The summed E-state index contributed by atoms with van der Waals surface area (Å²) >= 11 is 1.62. The summed E-state index contributed by atoms with van der Waals surface area (Å²) in [5.74, 6) is -0.212. The van der Waals surface area contributed by atoms with Gasteiger partial charge >= 0.3 is 5.97 Å². The summed E-state index contributed by atoms with van der Waals surface area (Å²) < 4.78 is 14.8. The van der Waals surface area contributed by atoms with E-state index in [1.807, 2.05) is 0 Å². The molecule has 0 saturated heterocycles. The molecular weight excluding hydrogens is 353 g/mol. The molecule has 0 rings (SSSR count). The van der Waals surface area contributed by atoms with E-state index in [0.717, 1.165) is 0 Å². The Labute approximate surface area is 135 Å². The van der Waals surface area contributed by atoms with Gasteiger partial charge < -0.3 is 19.5 Å². The highest BCUT2D eigenvalue weighted by Gasteiger charge is 2.28. The maximum absolute atomic E-state index is 12.2. The second-order valence-corrected chi connectivity index (χ2v) is 8.75. The van der Waals surface area contributed by atoms with Crippen LogP contribution in [-0.4, -0.2) is 57.3 Å². The molecule has 0 aliphatic heterocycles. The molecule has 7 nitrogen and oxygen atoms in total. The van der Waals surface area contributed by atoms with E-state index in [-0.39, 0.29) is 12.3 Å². The third-order valence-electron chi connectivity index (χ3n) is 2.61. The van der Waals surface area contributed by atoms with Crippen molar-refractivity contribution in [2.45, 2.75) is 24.8 Å². The van der Waals surface area contributed by atoms with E-state index in [0.29, 0.717) is 13.2 Å². The minimum Gasteiger partial charge on any atom is -0.467 e. The summed E-state index contributed by atoms with van der Waals surface area (Å²) in [5, 5.41) is 5.50. The fraction of sp³-hybridized carbons (Fsp3) is 0.800. The lowest BCUT2D eigenvalue weighted by Crippen LogP contribution is -2.50. The van der Waals surface area contributed by atoms with Gasteiger partial charge in [0.15, 0.2) is 6.29 Å². The van der Waals surface area contributed by atoms with E-state index < -0.39 is 24.3 Å². The molecule has 0 aliphatic rings. The molecule has 1 amide bonds. The molecule has 0 fully saturated rings. The van der Waals surface area contributed by atoms with Gasteiger partial charge in [0.2, 0.25) is 5.91 Å². The van der Waals surface area contributed by atoms with Crippen molar-refractivity contribution >= 4 is 49.0 Å². The van der Waals surface area contributed by atoms with Gasteiger partial charge in [-0.1, -0.05) is 9.39 Å². The average Bonchev–Trinajstić information content (AvgIpc) is 2.51. The molecule has 0 heterocycles. The predicted molar refractivity (Wildman–Crippen MR) is 93.5 cm³/mol. The second kappa shape index (κ2) is 13.0. The minimum absolute atomic E-state index is 0.174. The van der Waals surface area contributed by atoms with E-state index in [4.69, 9.17) is 14.2 Å². The number of nitrogens with one attached hydrogen (secondary N) is 2. The molecule has 0 bridgehead atoms. The van der Waals surface area contributed by atoms with Gasteiger partial charge in [0.1, 0.15) is 6.04 Å². The lowest BCUT2D eigenvalue weighted by atomic mass is 10.2. The fourth-order valence-corrected chi connectivity index (χ4v) is 4.05. The van der Waals surface area contributed by atoms with Crippen LogP contribution in [0.25, 0.3) is 0 Å². The zero-order valence-electron chi connectivity index (χ0n) is 12.3. The van der Waals surface area contributed by atoms with Crippen molar-refractivity contribution < 1.29 is 23.8 Å².